The van der Waals surface area contributed by atoms with Gasteiger partial charge in [0.1, 0.15) is 5.76 Å². The number of hydrogen-bond acceptors (Lipinski definition) is 3. The summed E-state index contributed by atoms with van der Waals surface area (Å²) in [6.07, 6.45) is 1.64. The Balaban J connectivity index is 2.25. The lowest BCUT2D eigenvalue weighted by molar-refractivity contribution is 0.268. The van der Waals surface area contributed by atoms with Crippen LogP contribution in [-0.4, -0.2) is 11.7 Å². The van der Waals surface area contributed by atoms with Crippen molar-refractivity contribution >= 4 is 0 Å². The Morgan fingerprint density at radius 1 is 1.20 bits per heavy atom. The lowest BCUT2D eigenvalue weighted by atomic mass is 10.1. The van der Waals surface area contributed by atoms with Gasteiger partial charge in [-0.3, -0.25) is 0 Å². The fraction of sp³-hybridized carbons (Fsp3) is 0.167. The number of aliphatic hydroxyl groups excluding tert-OH is 1. The number of nitrogens with two attached hydrogens (primary N) is 1. The second-order valence-corrected chi connectivity index (χ2v) is 3.39. The summed E-state index contributed by atoms with van der Waals surface area (Å²) in [5, 5.41) is 8.90. The van der Waals surface area contributed by atoms with Crippen molar-refractivity contribution in [3.63, 3.8) is 0 Å². The van der Waals surface area contributed by atoms with E-state index in [0.29, 0.717) is 0 Å². The van der Waals surface area contributed by atoms with E-state index < -0.39 is 0 Å². The number of benzene rings is 1. The maximum Gasteiger partial charge on any atom is 0.133 e. The average Bonchev–Trinajstić information content (AvgIpc) is 2.82. The molecule has 1 atom stereocenters. The van der Waals surface area contributed by atoms with Gasteiger partial charge in [0.15, 0.2) is 0 Å². The van der Waals surface area contributed by atoms with Crippen LogP contribution in [0.3, 0.4) is 0 Å². The molecule has 2 rings (SSSR count). The highest BCUT2D eigenvalue weighted by atomic mass is 16.3. The van der Waals surface area contributed by atoms with E-state index in [2.05, 4.69) is 0 Å². The Kier molecular flexibility index (Phi) is 2.85. The van der Waals surface area contributed by atoms with Gasteiger partial charge in [-0.05, 0) is 17.7 Å². The molecule has 3 N–H and O–H groups in total. The normalized spacial score (nSPS) is 12.7. The number of rotatable bonds is 3. The molecular formula is C12H13NO2. The molecule has 0 fully saturated rings. The van der Waals surface area contributed by atoms with Crippen molar-refractivity contribution in [2.75, 3.05) is 6.61 Å². The van der Waals surface area contributed by atoms with Crippen LogP contribution in [0.15, 0.2) is 47.1 Å². The van der Waals surface area contributed by atoms with Crippen LogP contribution < -0.4 is 5.73 Å². The third-order valence-electron chi connectivity index (χ3n) is 2.34. The van der Waals surface area contributed by atoms with Crippen LogP contribution in [0.25, 0.3) is 11.3 Å². The van der Waals surface area contributed by atoms with Gasteiger partial charge in [-0.25, -0.2) is 0 Å². The van der Waals surface area contributed by atoms with Gasteiger partial charge in [-0.1, -0.05) is 24.3 Å². The highest BCUT2D eigenvalue weighted by Gasteiger charge is 2.05. The van der Waals surface area contributed by atoms with Crippen LogP contribution in [0.1, 0.15) is 11.6 Å². The fourth-order valence-corrected chi connectivity index (χ4v) is 1.44. The van der Waals surface area contributed by atoms with Crippen molar-refractivity contribution in [1.29, 1.82) is 0 Å². The van der Waals surface area contributed by atoms with Gasteiger partial charge in [-0.2, -0.15) is 0 Å². The summed E-state index contributed by atoms with van der Waals surface area (Å²) in [6.45, 7) is -0.0416. The molecule has 15 heavy (non-hydrogen) atoms. The van der Waals surface area contributed by atoms with Gasteiger partial charge in [0.25, 0.3) is 0 Å². The van der Waals surface area contributed by atoms with E-state index in [0.717, 1.165) is 16.9 Å². The number of aliphatic hydroxyl groups is 1. The van der Waals surface area contributed by atoms with E-state index in [1.54, 1.807) is 6.26 Å². The maximum absolute atomic E-state index is 8.90. The second-order valence-electron chi connectivity index (χ2n) is 3.39. The number of hydrogen-bond donors (Lipinski definition) is 2. The van der Waals surface area contributed by atoms with Crippen LogP contribution >= 0.6 is 0 Å². The molecule has 0 bridgehead atoms. The molecule has 0 amide bonds. The molecule has 1 aromatic heterocycles. The van der Waals surface area contributed by atoms with E-state index in [1.165, 1.54) is 0 Å². The Bertz CT molecular complexity index is 406. The molecule has 1 aromatic carbocycles. The SMILES string of the molecule is N[C@@H](CO)c1ccc(-c2ccco2)cc1. The first kappa shape index (κ1) is 9.96. The predicted octanol–water partition coefficient (Wildman–Crippen LogP) is 1.94. The molecule has 3 heteroatoms. The maximum atomic E-state index is 8.90. The van der Waals surface area contributed by atoms with Crippen LogP contribution in [-0.2, 0) is 0 Å². The van der Waals surface area contributed by atoms with Crippen LogP contribution in [0.5, 0.6) is 0 Å². The lowest BCUT2D eigenvalue weighted by Crippen LogP contribution is -2.14. The fourth-order valence-electron chi connectivity index (χ4n) is 1.44. The monoisotopic (exact) mass is 203 g/mol. The van der Waals surface area contributed by atoms with E-state index in [-0.39, 0.29) is 12.6 Å². The molecule has 0 spiro atoms. The van der Waals surface area contributed by atoms with E-state index in [9.17, 15) is 0 Å². The van der Waals surface area contributed by atoms with Crippen LogP contribution in [0, 0.1) is 0 Å². The van der Waals surface area contributed by atoms with Crippen molar-refractivity contribution in [2.24, 2.45) is 5.73 Å². The summed E-state index contributed by atoms with van der Waals surface area (Å²) >= 11 is 0. The van der Waals surface area contributed by atoms with Crippen molar-refractivity contribution in [3.8, 4) is 11.3 Å². The minimum atomic E-state index is -0.310. The van der Waals surface area contributed by atoms with Gasteiger partial charge in [0.2, 0.25) is 0 Å². The summed E-state index contributed by atoms with van der Waals surface area (Å²) in [4.78, 5) is 0. The lowest BCUT2D eigenvalue weighted by Gasteiger charge is -2.08. The summed E-state index contributed by atoms with van der Waals surface area (Å²) in [6, 6.07) is 11.1. The van der Waals surface area contributed by atoms with Crippen molar-refractivity contribution in [2.45, 2.75) is 6.04 Å². The Labute approximate surface area is 88.1 Å². The molecule has 0 aliphatic rings. The average molecular weight is 203 g/mol. The molecule has 0 radical (unpaired) electrons. The highest BCUT2D eigenvalue weighted by Crippen LogP contribution is 2.21. The topological polar surface area (TPSA) is 59.4 Å². The second kappa shape index (κ2) is 4.29. The van der Waals surface area contributed by atoms with Gasteiger partial charge >= 0.3 is 0 Å². The van der Waals surface area contributed by atoms with Crippen molar-refractivity contribution < 1.29 is 9.52 Å². The van der Waals surface area contributed by atoms with Gasteiger partial charge < -0.3 is 15.3 Å². The molecule has 0 saturated carbocycles. The first-order chi connectivity index (χ1) is 7.31. The highest BCUT2D eigenvalue weighted by molar-refractivity contribution is 5.57. The molecule has 2 aromatic rings. The molecule has 3 nitrogen and oxygen atoms in total. The summed E-state index contributed by atoms with van der Waals surface area (Å²) < 4.78 is 5.27. The van der Waals surface area contributed by atoms with Crippen LogP contribution in [0.4, 0.5) is 0 Å². The predicted molar refractivity (Wildman–Crippen MR) is 58.2 cm³/mol. The molecule has 0 aliphatic heterocycles. The summed E-state index contributed by atoms with van der Waals surface area (Å²) in [5.74, 6) is 0.833. The standard InChI is InChI=1S/C12H13NO2/c13-11(8-14)9-3-5-10(6-4-9)12-2-1-7-15-12/h1-7,11,14H,8,13H2/t11-/m0/s1. The zero-order valence-corrected chi connectivity index (χ0v) is 8.26. The molecule has 0 aliphatic carbocycles. The van der Waals surface area contributed by atoms with E-state index in [4.69, 9.17) is 15.3 Å². The molecular weight excluding hydrogens is 190 g/mol. The Hall–Kier alpha value is -1.58. The Morgan fingerprint density at radius 2 is 1.93 bits per heavy atom. The molecule has 78 valence electrons. The zero-order valence-electron chi connectivity index (χ0n) is 8.26. The van der Waals surface area contributed by atoms with Crippen molar-refractivity contribution in [3.05, 3.63) is 48.2 Å². The summed E-state index contributed by atoms with van der Waals surface area (Å²) in [7, 11) is 0. The molecule has 0 unspecified atom stereocenters. The smallest absolute Gasteiger partial charge is 0.133 e. The van der Waals surface area contributed by atoms with Crippen LogP contribution in [0.2, 0.25) is 0 Å². The van der Waals surface area contributed by atoms with Crippen molar-refractivity contribution in [1.82, 2.24) is 0 Å². The third kappa shape index (κ3) is 2.09. The third-order valence-corrected chi connectivity index (χ3v) is 2.34. The minimum Gasteiger partial charge on any atom is -0.464 e. The van der Waals surface area contributed by atoms with Gasteiger partial charge in [0, 0.05) is 5.56 Å². The van der Waals surface area contributed by atoms with E-state index >= 15 is 0 Å². The van der Waals surface area contributed by atoms with E-state index in [1.807, 2.05) is 36.4 Å². The molecule has 0 saturated heterocycles. The summed E-state index contributed by atoms with van der Waals surface area (Å²) in [5.41, 5.74) is 7.62. The van der Waals surface area contributed by atoms with Gasteiger partial charge in [0.05, 0.1) is 18.9 Å². The Morgan fingerprint density at radius 3 is 2.47 bits per heavy atom. The first-order valence-corrected chi connectivity index (χ1v) is 4.81. The van der Waals surface area contributed by atoms with Gasteiger partial charge in [-0.15, -0.1) is 0 Å². The largest absolute Gasteiger partial charge is 0.464 e. The molecule has 1 heterocycles. The minimum absolute atomic E-state index is 0.0416. The quantitative estimate of drug-likeness (QED) is 0.801. The number of furan rings is 1. The zero-order chi connectivity index (χ0) is 10.7. The first-order valence-electron chi connectivity index (χ1n) is 4.81.